The predicted molar refractivity (Wildman–Crippen MR) is 119 cm³/mol. The highest BCUT2D eigenvalue weighted by Gasteiger charge is 2.18. The summed E-state index contributed by atoms with van der Waals surface area (Å²) in [6.07, 6.45) is 0. The molecular formula is C28H26. The Bertz CT molecular complexity index is 975. The Morgan fingerprint density at radius 2 is 0.964 bits per heavy atom. The molecule has 0 aromatic heterocycles. The molecule has 0 bridgehead atoms. The molecule has 0 heteroatoms. The maximum Gasteiger partial charge on any atom is 0.0340 e. The van der Waals surface area contributed by atoms with E-state index in [0.29, 0.717) is 5.92 Å². The van der Waals surface area contributed by atoms with E-state index >= 15 is 0 Å². The third kappa shape index (κ3) is 3.92. The molecule has 138 valence electrons. The van der Waals surface area contributed by atoms with Gasteiger partial charge in [0.2, 0.25) is 0 Å². The number of hydrogen-bond donors (Lipinski definition) is 0. The largest absolute Gasteiger partial charge is 0.0622 e. The second-order valence-corrected chi connectivity index (χ2v) is 7.56. The van der Waals surface area contributed by atoms with Crippen LogP contribution in [0, 0.1) is 6.92 Å². The van der Waals surface area contributed by atoms with E-state index in [-0.39, 0.29) is 5.92 Å². The van der Waals surface area contributed by atoms with Crippen LogP contribution < -0.4 is 0 Å². The minimum Gasteiger partial charge on any atom is -0.0622 e. The summed E-state index contributed by atoms with van der Waals surface area (Å²) in [5, 5.41) is 0. The van der Waals surface area contributed by atoms with Gasteiger partial charge in [-0.3, -0.25) is 0 Å². The maximum atomic E-state index is 2.38. The predicted octanol–water partition coefficient (Wildman–Crippen LogP) is 7.33. The van der Waals surface area contributed by atoms with Crippen LogP contribution in [0.5, 0.6) is 0 Å². The van der Waals surface area contributed by atoms with Gasteiger partial charge in [-0.25, -0.2) is 0 Å². The Kier molecular flexibility index (Phi) is 5.39. The molecule has 0 aliphatic heterocycles. The first-order valence-corrected chi connectivity index (χ1v) is 9.98. The second kappa shape index (κ2) is 8.27. The minimum atomic E-state index is 0.243. The van der Waals surface area contributed by atoms with E-state index in [1.807, 2.05) is 0 Å². The molecule has 0 fully saturated rings. The highest BCUT2D eigenvalue weighted by molar-refractivity contribution is 5.45. The Balaban J connectivity index is 1.76. The lowest BCUT2D eigenvalue weighted by Gasteiger charge is -2.21. The lowest BCUT2D eigenvalue weighted by atomic mass is 9.83. The van der Waals surface area contributed by atoms with Gasteiger partial charge in [0.05, 0.1) is 0 Å². The molecule has 0 N–H and O–H groups in total. The molecule has 0 aliphatic carbocycles. The number of rotatable bonds is 5. The highest BCUT2D eigenvalue weighted by atomic mass is 14.2. The average Bonchev–Trinajstić information content (AvgIpc) is 2.76. The zero-order valence-corrected chi connectivity index (χ0v) is 16.5. The van der Waals surface area contributed by atoms with Crippen molar-refractivity contribution < 1.29 is 0 Å². The fourth-order valence-corrected chi connectivity index (χ4v) is 3.92. The molecule has 4 aromatic carbocycles. The Labute approximate surface area is 168 Å². The molecule has 0 heterocycles. The number of aryl methyl sites for hydroxylation is 1. The molecule has 28 heavy (non-hydrogen) atoms. The first kappa shape index (κ1) is 18.3. The molecule has 0 amide bonds. The summed E-state index contributed by atoms with van der Waals surface area (Å²) in [6.45, 7) is 4.43. The van der Waals surface area contributed by atoms with Crippen LogP contribution in [-0.4, -0.2) is 0 Å². The maximum absolute atomic E-state index is 2.38. The van der Waals surface area contributed by atoms with Crippen molar-refractivity contribution in [3.8, 4) is 0 Å². The van der Waals surface area contributed by atoms with Crippen LogP contribution in [-0.2, 0) is 0 Å². The van der Waals surface area contributed by atoms with Crippen LogP contribution >= 0.6 is 0 Å². The normalized spacial score (nSPS) is 12.1. The standard InChI is InChI=1S/C28H26/c1-21-16-18-23(19-17-21)22(2)26-14-9-15-27(20-26)28(24-10-5-3-6-11-24)25-12-7-4-8-13-25/h3-20,22,28H,1-2H3. The van der Waals surface area contributed by atoms with E-state index < -0.39 is 0 Å². The Hall–Kier alpha value is -3.12. The third-order valence-corrected chi connectivity index (χ3v) is 5.59. The summed E-state index contributed by atoms with van der Waals surface area (Å²) in [4.78, 5) is 0. The SMILES string of the molecule is Cc1ccc(C(C)c2cccc(C(c3ccccc3)c3ccccc3)c2)cc1. The molecule has 1 atom stereocenters. The summed E-state index contributed by atoms with van der Waals surface area (Å²) in [7, 11) is 0. The summed E-state index contributed by atoms with van der Waals surface area (Å²) in [5.41, 5.74) is 8.02. The topological polar surface area (TPSA) is 0 Å². The van der Waals surface area contributed by atoms with E-state index in [4.69, 9.17) is 0 Å². The van der Waals surface area contributed by atoms with E-state index in [1.54, 1.807) is 0 Å². The molecule has 0 spiro atoms. The summed E-state index contributed by atoms with van der Waals surface area (Å²) in [6, 6.07) is 39.6. The fraction of sp³-hybridized carbons (Fsp3) is 0.143. The van der Waals surface area contributed by atoms with Crippen molar-refractivity contribution >= 4 is 0 Å². The van der Waals surface area contributed by atoms with Gasteiger partial charge in [-0.15, -0.1) is 0 Å². The van der Waals surface area contributed by atoms with Crippen molar-refractivity contribution in [2.45, 2.75) is 25.7 Å². The van der Waals surface area contributed by atoms with Crippen LogP contribution in [0.2, 0.25) is 0 Å². The lowest BCUT2D eigenvalue weighted by Crippen LogP contribution is -2.05. The van der Waals surface area contributed by atoms with Gasteiger partial charge in [-0.05, 0) is 34.7 Å². The third-order valence-electron chi connectivity index (χ3n) is 5.59. The Morgan fingerprint density at radius 1 is 0.464 bits per heavy atom. The second-order valence-electron chi connectivity index (χ2n) is 7.56. The fourth-order valence-electron chi connectivity index (χ4n) is 3.92. The monoisotopic (exact) mass is 362 g/mol. The number of hydrogen-bond acceptors (Lipinski definition) is 0. The van der Waals surface area contributed by atoms with Crippen molar-refractivity contribution in [2.75, 3.05) is 0 Å². The molecule has 0 aliphatic rings. The highest BCUT2D eigenvalue weighted by Crippen LogP contribution is 2.34. The van der Waals surface area contributed by atoms with Crippen LogP contribution in [0.15, 0.2) is 109 Å². The van der Waals surface area contributed by atoms with E-state index in [9.17, 15) is 0 Å². The summed E-state index contributed by atoms with van der Waals surface area (Å²) in [5.74, 6) is 0.611. The van der Waals surface area contributed by atoms with Gasteiger partial charge < -0.3 is 0 Å². The van der Waals surface area contributed by atoms with Crippen molar-refractivity contribution in [1.82, 2.24) is 0 Å². The van der Waals surface area contributed by atoms with Gasteiger partial charge >= 0.3 is 0 Å². The van der Waals surface area contributed by atoms with Crippen LogP contribution in [0.1, 0.15) is 52.1 Å². The van der Waals surface area contributed by atoms with E-state index in [1.165, 1.54) is 33.4 Å². The quantitative estimate of drug-likeness (QED) is 0.326. The van der Waals surface area contributed by atoms with E-state index in [2.05, 4.69) is 123 Å². The molecule has 0 saturated carbocycles. The van der Waals surface area contributed by atoms with Gasteiger partial charge in [0, 0.05) is 11.8 Å². The van der Waals surface area contributed by atoms with Crippen LogP contribution in [0.25, 0.3) is 0 Å². The average molecular weight is 363 g/mol. The first-order chi connectivity index (χ1) is 13.7. The molecular weight excluding hydrogens is 336 g/mol. The lowest BCUT2D eigenvalue weighted by molar-refractivity contribution is 0.904. The molecule has 4 rings (SSSR count). The minimum absolute atomic E-state index is 0.243. The molecule has 4 aromatic rings. The van der Waals surface area contributed by atoms with Crippen LogP contribution in [0.4, 0.5) is 0 Å². The van der Waals surface area contributed by atoms with Gasteiger partial charge in [0.1, 0.15) is 0 Å². The van der Waals surface area contributed by atoms with Crippen molar-refractivity contribution in [3.63, 3.8) is 0 Å². The van der Waals surface area contributed by atoms with E-state index in [0.717, 1.165) is 0 Å². The van der Waals surface area contributed by atoms with Gasteiger partial charge in [-0.2, -0.15) is 0 Å². The molecule has 1 unspecified atom stereocenters. The zero-order valence-electron chi connectivity index (χ0n) is 16.5. The molecule has 0 saturated heterocycles. The van der Waals surface area contributed by atoms with Crippen molar-refractivity contribution in [3.05, 3.63) is 143 Å². The van der Waals surface area contributed by atoms with Crippen molar-refractivity contribution in [1.29, 1.82) is 0 Å². The van der Waals surface area contributed by atoms with Crippen molar-refractivity contribution in [2.24, 2.45) is 0 Å². The summed E-state index contributed by atoms with van der Waals surface area (Å²) >= 11 is 0. The van der Waals surface area contributed by atoms with Crippen LogP contribution in [0.3, 0.4) is 0 Å². The molecule has 0 nitrogen and oxygen atoms in total. The smallest absolute Gasteiger partial charge is 0.0340 e. The van der Waals surface area contributed by atoms with Gasteiger partial charge in [-0.1, -0.05) is 122 Å². The Morgan fingerprint density at radius 3 is 1.54 bits per heavy atom. The zero-order chi connectivity index (χ0) is 19.3. The van der Waals surface area contributed by atoms with Gasteiger partial charge in [0.15, 0.2) is 0 Å². The first-order valence-electron chi connectivity index (χ1n) is 9.98. The van der Waals surface area contributed by atoms with Gasteiger partial charge in [0.25, 0.3) is 0 Å². The molecule has 0 radical (unpaired) electrons. The number of benzene rings is 4. The summed E-state index contributed by atoms with van der Waals surface area (Å²) < 4.78 is 0.